The van der Waals surface area contributed by atoms with Crippen LogP contribution >= 0.6 is 11.3 Å². The van der Waals surface area contributed by atoms with Crippen LogP contribution in [0, 0.1) is 11.6 Å². The van der Waals surface area contributed by atoms with Gasteiger partial charge in [-0.3, -0.25) is 9.59 Å². The number of carbonyl (C=O) groups is 2. The second kappa shape index (κ2) is 11.5. The van der Waals surface area contributed by atoms with E-state index in [-0.39, 0.29) is 36.3 Å². The van der Waals surface area contributed by atoms with Crippen molar-refractivity contribution in [3.8, 4) is 39.4 Å². The molecule has 2 aliphatic heterocycles. The van der Waals surface area contributed by atoms with Crippen molar-refractivity contribution in [1.29, 1.82) is 0 Å². The first kappa shape index (κ1) is 28.8. The molecule has 226 valence electrons. The number of aliphatic hydroxyl groups is 1. The van der Waals surface area contributed by atoms with Crippen LogP contribution in [0.1, 0.15) is 27.0 Å². The number of thiophene rings is 1. The molecule has 0 saturated heterocycles. The summed E-state index contributed by atoms with van der Waals surface area (Å²) in [5, 5.41) is 14.9. The van der Waals surface area contributed by atoms with Crippen LogP contribution < -0.4 is 10.1 Å². The third kappa shape index (κ3) is 5.05. The molecule has 7 nitrogen and oxygen atoms in total. The number of ether oxygens (including phenoxy) is 1. The SMILES string of the molecule is C=CC(=O)N1CCc2ccc(-c3nc(-c4ccc5c(c4)CNC5=O)c4ccsc4c3-c3c(F)cc(F)cc3OCCO)cc2C1. The third-order valence-corrected chi connectivity index (χ3v) is 9.20. The highest BCUT2D eigenvalue weighted by Crippen LogP contribution is 2.47. The van der Waals surface area contributed by atoms with Crippen molar-refractivity contribution < 1.29 is 28.2 Å². The summed E-state index contributed by atoms with van der Waals surface area (Å²) < 4.78 is 36.8. The van der Waals surface area contributed by atoms with E-state index in [1.165, 1.54) is 17.4 Å². The Kier molecular flexibility index (Phi) is 7.39. The normalized spacial score (nSPS) is 13.8. The molecule has 0 aliphatic carbocycles. The zero-order valence-corrected chi connectivity index (χ0v) is 24.8. The van der Waals surface area contributed by atoms with Gasteiger partial charge in [0, 0.05) is 64.1 Å². The molecule has 2 amide bonds. The van der Waals surface area contributed by atoms with Gasteiger partial charge in [-0.1, -0.05) is 24.8 Å². The van der Waals surface area contributed by atoms with Crippen molar-refractivity contribution in [2.75, 3.05) is 19.8 Å². The maximum Gasteiger partial charge on any atom is 0.251 e. The number of nitrogens with zero attached hydrogens (tertiary/aromatic N) is 2. The van der Waals surface area contributed by atoms with Gasteiger partial charge in [0.2, 0.25) is 5.91 Å². The lowest BCUT2D eigenvalue weighted by Crippen LogP contribution is -2.34. The molecule has 0 radical (unpaired) electrons. The van der Waals surface area contributed by atoms with Crippen molar-refractivity contribution >= 4 is 33.2 Å². The molecule has 0 saturated carbocycles. The molecule has 10 heteroatoms. The number of nitrogens with one attached hydrogen (secondary N) is 1. The van der Waals surface area contributed by atoms with Gasteiger partial charge in [-0.05, 0) is 58.8 Å². The molecule has 7 rings (SSSR count). The third-order valence-electron chi connectivity index (χ3n) is 8.27. The van der Waals surface area contributed by atoms with Crippen LogP contribution in [-0.2, 0) is 24.3 Å². The van der Waals surface area contributed by atoms with Gasteiger partial charge in [-0.25, -0.2) is 13.8 Å². The first-order valence-corrected chi connectivity index (χ1v) is 15.3. The number of pyridine rings is 1. The van der Waals surface area contributed by atoms with Gasteiger partial charge in [0.1, 0.15) is 24.0 Å². The van der Waals surface area contributed by atoms with Crippen LogP contribution in [0.15, 0.2) is 72.6 Å². The standard InChI is InChI=1S/C35H27F2N3O4S/c1-2-29(42)40-9-7-19-3-4-21(14-23(19)18-40)33-31(30-27(37)15-24(36)16-28(30)44-11-10-41)34-26(8-12-45-34)32(39-33)20-5-6-25-22(13-20)17-38-35(25)43/h2-6,8,12-16,41H,1,7,9-11,17-18H2,(H,38,43). The minimum Gasteiger partial charge on any atom is -0.490 e. The molecule has 3 aromatic carbocycles. The van der Waals surface area contributed by atoms with Gasteiger partial charge < -0.3 is 20.1 Å². The second-order valence-corrected chi connectivity index (χ2v) is 11.8. The maximum atomic E-state index is 15.9. The highest BCUT2D eigenvalue weighted by molar-refractivity contribution is 7.18. The summed E-state index contributed by atoms with van der Waals surface area (Å²) in [4.78, 5) is 31.6. The molecular formula is C35H27F2N3O4S. The molecule has 0 spiro atoms. The van der Waals surface area contributed by atoms with Crippen LogP contribution in [0.3, 0.4) is 0 Å². The number of benzene rings is 3. The zero-order valence-electron chi connectivity index (χ0n) is 24.0. The fourth-order valence-corrected chi connectivity index (χ4v) is 7.10. The molecule has 45 heavy (non-hydrogen) atoms. The first-order chi connectivity index (χ1) is 21.9. The molecule has 2 N–H and O–H groups in total. The number of amides is 2. The average molecular weight is 624 g/mol. The maximum absolute atomic E-state index is 15.9. The molecule has 2 aliphatic rings. The van der Waals surface area contributed by atoms with E-state index in [1.54, 1.807) is 11.0 Å². The van der Waals surface area contributed by atoms with Gasteiger partial charge in [-0.2, -0.15) is 0 Å². The van der Waals surface area contributed by atoms with Gasteiger partial charge >= 0.3 is 0 Å². The number of rotatable bonds is 7. The van der Waals surface area contributed by atoms with Gasteiger partial charge in [0.15, 0.2) is 0 Å². The number of fused-ring (bicyclic) bond motifs is 3. The van der Waals surface area contributed by atoms with E-state index >= 15 is 4.39 Å². The van der Waals surface area contributed by atoms with Crippen molar-refractivity contribution in [3.05, 3.63) is 107 Å². The lowest BCUT2D eigenvalue weighted by molar-refractivity contribution is -0.126. The number of aliphatic hydroxyl groups excluding tert-OH is 1. The Labute approximate surface area is 261 Å². The van der Waals surface area contributed by atoms with E-state index in [0.717, 1.165) is 39.8 Å². The molecule has 4 heterocycles. The van der Waals surface area contributed by atoms with Crippen molar-refractivity contribution in [1.82, 2.24) is 15.2 Å². The van der Waals surface area contributed by atoms with E-state index in [2.05, 4.69) is 11.9 Å². The minimum absolute atomic E-state index is 0.0382. The number of hydrogen-bond donors (Lipinski definition) is 2. The second-order valence-electron chi connectivity index (χ2n) is 10.9. The van der Waals surface area contributed by atoms with E-state index in [9.17, 15) is 19.1 Å². The van der Waals surface area contributed by atoms with Crippen LogP contribution in [0.4, 0.5) is 8.78 Å². The molecule has 0 unspecified atom stereocenters. The van der Waals surface area contributed by atoms with Crippen LogP contribution in [0.2, 0.25) is 0 Å². The van der Waals surface area contributed by atoms with Gasteiger partial charge in [0.25, 0.3) is 5.91 Å². The zero-order chi connectivity index (χ0) is 31.2. The average Bonchev–Trinajstić information content (AvgIpc) is 3.69. The molecule has 2 aromatic heterocycles. The van der Waals surface area contributed by atoms with E-state index in [4.69, 9.17) is 9.72 Å². The highest BCUT2D eigenvalue weighted by Gasteiger charge is 2.27. The summed E-state index contributed by atoms with van der Waals surface area (Å²) in [6.07, 6.45) is 1.98. The van der Waals surface area contributed by atoms with Crippen molar-refractivity contribution in [3.63, 3.8) is 0 Å². The highest BCUT2D eigenvalue weighted by atomic mass is 32.1. The Morgan fingerprint density at radius 2 is 1.84 bits per heavy atom. The topological polar surface area (TPSA) is 91.8 Å². The van der Waals surface area contributed by atoms with Crippen molar-refractivity contribution in [2.45, 2.75) is 19.5 Å². The Bertz CT molecular complexity index is 2040. The van der Waals surface area contributed by atoms with E-state index in [1.807, 2.05) is 41.8 Å². The first-order valence-electron chi connectivity index (χ1n) is 14.5. The predicted octanol–water partition coefficient (Wildman–Crippen LogP) is 6.26. The molecular weight excluding hydrogens is 596 g/mol. The number of aromatic nitrogens is 1. The Hall–Kier alpha value is -4.93. The Morgan fingerprint density at radius 1 is 1.04 bits per heavy atom. The molecule has 5 aromatic rings. The number of halogens is 2. The van der Waals surface area contributed by atoms with Crippen LogP contribution in [-0.4, -0.2) is 46.6 Å². The van der Waals surface area contributed by atoms with Crippen LogP contribution in [0.5, 0.6) is 5.75 Å². The largest absolute Gasteiger partial charge is 0.490 e. The van der Waals surface area contributed by atoms with Gasteiger partial charge in [-0.15, -0.1) is 11.3 Å². The molecule has 0 atom stereocenters. The lowest BCUT2D eigenvalue weighted by Gasteiger charge is -2.28. The molecule has 0 bridgehead atoms. The summed E-state index contributed by atoms with van der Waals surface area (Å²) in [7, 11) is 0. The monoisotopic (exact) mass is 623 g/mol. The summed E-state index contributed by atoms with van der Waals surface area (Å²) in [6, 6.07) is 15.3. The summed E-state index contributed by atoms with van der Waals surface area (Å²) in [6.45, 7) is 4.51. The lowest BCUT2D eigenvalue weighted by atomic mass is 9.91. The fraction of sp³-hybridized carbons (Fsp3) is 0.171. The van der Waals surface area contributed by atoms with Crippen molar-refractivity contribution in [2.24, 2.45) is 0 Å². The quantitative estimate of drug-likeness (QED) is 0.209. The Morgan fingerprint density at radius 3 is 2.67 bits per heavy atom. The number of hydrogen-bond acceptors (Lipinski definition) is 6. The predicted molar refractivity (Wildman–Crippen MR) is 169 cm³/mol. The smallest absolute Gasteiger partial charge is 0.251 e. The fourth-order valence-electron chi connectivity index (χ4n) is 6.15. The Balaban J connectivity index is 1.50. The minimum atomic E-state index is -0.823. The summed E-state index contributed by atoms with van der Waals surface area (Å²) >= 11 is 1.40. The number of carbonyl (C=O) groups excluding carboxylic acids is 2. The van der Waals surface area contributed by atoms with Crippen LogP contribution in [0.25, 0.3) is 43.7 Å². The van der Waals surface area contributed by atoms with E-state index < -0.39 is 11.6 Å². The summed E-state index contributed by atoms with van der Waals surface area (Å²) in [5.41, 5.74) is 6.55. The van der Waals surface area contributed by atoms with E-state index in [0.29, 0.717) is 58.8 Å². The summed E-state index contributed by atoms with van der Waals surface area (Å²) in [5.74, 6) is -1.96. The van der Waals surface area contributed by atoms with Gasteiger partial charge in [0.05, 0.1) is 23.6 Å². The molecule has 0 fully saturated rings.